The normalized spacial score (nSPS) is 11.6. The Hall–Kier alpha value is -0.520. The molecule has 0 atom stereocenters. The second kappa shape index (κ2) is 7.03. The smallest absolute Gasteiger partial charge is 0.211 e. The van der Waals surface area contributed by atoms with Crippen LogP contribution >= 0.6 is 11.8 Å². The van der Waals surface area contributed by atoms with Crippen LogP contribution in [-0.2, 0) is 16.4 Å². The summed E-state index contributed by atoms with van der Waals surface area (Å²) >= 11 is 1.80. The van der Waals surface area contributed by atoms with E-state index >= 15 is 0 Å². The molecular weight excluding hydrogens is 254 g/mol. The van der Waals surface area contributed by atoms with Gasteiger partial charge in [-0.15, -0.1) is 11.8 Å². The minimum absolute atomic E-state index is 0.138. The van der Waals surface area contributed by atoms with Gasteiger partial charge in [0, 0.05) is 11.4 Å². The molecule has 5 heteroatoms. The van der Waals surface area contributed by atoms with Crippen molar-refractivity contribution in [2.45, 2.75) is 25.2 Å². The molecule has 1 N–H and O–H groups in total. The molecule has 0 aliphatic carbocycles. The van der Waals surface area contributed by atoms with Crippen molar-refractivity contribution in [2.75, 3.05) is 18.1 Å². The van der Waals surface area contributed by atoms with Gasteiger partial charge in [-0.05, 0) is 36.8 Å². The Kier molecular flexibility index (Phi) is 6.02. The predicted octanol–water partition coefficient (Wildman–Crippen LogP) is 2.28. The standard InChI is InChI=1S/C12H19NO2S2/c1-3-16-12-7-5-11(6-8-12)9-10-13-17(14,15)4-2/h5-8,13H,3-4,9-10H2,1-2H3. The van der Waals surface area contributed by atoms with Crippen molar-refractivity contribution in [3.8, 4) is 0 Å². The molecule has 17 heavy (non-hydrogen) atoms. The summed E-state index contributed by atoms with van der Waals surface area (Å²) in [6.07, 6.45) is 0.732. The summed E-state index contributed by atoms with van der Waals surface area (Å²) in [4.78, 5) is 1.25. The van der Waals surface area contributed by atoms with E-state index in [9.17, 15) is 8.42 Å². The van der Waals surface area contributed by atoms with E-state index in [4.69, 9.17) is 0 Å². The molecule has 0 spiro atoms. The zero-order valence-electron chi connectivity index (χ0n) is 10.3. The highest BCUT2D eigenvalue weighted by molar-refractivity contribution is 7.99. The molecule has 0 aliphatic rings. The summed E-state index contributed by atoms with van der Waals surface area (Å²) in [6, 6.07) is 8.27. The quantitative estimate of drug-likeness (QED) is 0.775. The van der Waals surface area contributed by atoms with E-state index in [2.05, 4.69) is 35.9 Å². The lowest BCUT2D eigenvalue weighted by atomic mass is 10.2. The Bertz CT molecular complexity index is 426. The first-order chi connectivity index (χ1) is 8.07. The van der Waals surface area contributed by atoms with Crippen LogP contribution in [-0.4, -0.2) is 26.5 Å². The average molecular weight is 273 g/mol. The van der Waals surface area contributed by atoms with E-state index in [0.29, 0.717) is 6.54 Å². The van der Waals surface area contributed by atoms with Crippen molar-refractivity contribution in [3.05, 3.63) is 29.8 Å². The van der Waals surface area contributed by atoms with Crippen molar-refractivity contribution in [2.24, 2.45) is 0 Å². The van der Waals surface area contributed by atoms with Gasteiger partial charge in [0.2, 0.25) is 10.0 Å². The Morgan fingerprint density at radius 2 is 1.82 bits per heavy atom. The predicted molar refractivity (Wildman–Crippen MR) is 74.0 cm³/mol. The molecule has 0 radical (unpaired) electrons. The lowest BCUT2D eigenvalue weighted by Gasteiger charge is -2.05. The molecule has 0 saturated heterocycles. The SMILES string of the molecule is CCSc1ccc(CCNS(=O)(=O)CC)cc1. The van der Waals surface area contributed by atoms with Gasteiger partial charge in [-0.3, -0.25) is 0 Å². The van der Waals surface area contributed by atoms with Gasteiger partial charge in [0.1, 0.15) is 0 Å². The van der Waals surface area contributed by atoms with E-state index in [1.807, 2.05) is 0 Å². The largest absolute Gasteiger partial charge is 0.215 e. The maximum Gasteiger partial charge on any atom is 0.211 e. The zero-order valence-corrected chi connectivity index (χ0v) is 11.9. The van der Waals surface area contributed by atoms with Gasteiger partial charge < -0.3 is 0 Å². The Balaban J connectivity index is 2.42. The first-order valence-corrected chi connectivity index (χ1v) is 8.40. The van der Waals surface area contributed by atoms with Crippen molar-refractivity contribution >= 4 is 21.8 Å². The molecule has 3 nitrogen and oxygen atoms in total. The fraction of sp³-hybridized carbons (Fsp3) is 0.500. The average Bonchev–Trinajstić information content (AvgIpc) is 2.32. The topological polar surface area (TPSA) is 46.2 Å². The van der Waals surface area contributed by atoms with Crippen LogP contribution in [0.4, 0.5) is 0 Å². The molecule has 0 amide bonds. The molecule has 1 aromatic carbocycles. The molecule has 0 saturated carbocycles. The summed E-state index contributed by atoms with van der Waals surface area (Å²) in [5, 5.41) is 0. The molecule has 0 aromatic heterocycles. The molecule has 0 heterocycles. The molecule has 1 rings (SSSR count). The van der Waals surface area contributed by atoms with Crippen LogP contribution in [0.15, 0.2) is 29.2 Å². The number of rotatable bonds is 7. The molecular formula is C12H19NO2S2. The second-order valence-corrected chi connectivity index (χ2v) is 7.06. The van der Waals surface area contributed by atoms with E-state index in [1.54, 1.807) is 18.7 Å². The van der Waals surface area contributed by atoms with Crippen LogP contribution in [0.3, 0.4) is 0 Å². The van der Waals surface area contributed by atoms with Crippen LogP contribution in [0.2, 0.25) is 0 Å². The van der Waals surface area contributed by atoms with Gasteiger partial charge in [0.05, 0.1) is 5.75 Å². The van der Waals surface area contributed by atoms with Gasteiger partial charge in [0.15, 0.2) is 0 Å². The Labute approximate surface area is 108 Å². The number of benzene rings is 1. The number of thioether (sulfide) groups is 1. The molecule has 0 aliphatic heterocycles. The first kappa shape index (κ1) is 14.5. The number of hydrogen-bond donors (Lipinski definition) is 1. The third kappa shape index (κ3) is 5.57. The summed E-state index contributed by atoms with van der Waals surface area (Å²) in [7, 11) is -3.06. The van der Waals surface area contributed by atoms with Crippen LogP contribution in [0.5, 0.6) is 0 Å². The summed E-state index contributed by atoms with van der Waals surface area (Å²) in [5.41, 5.74) is 1.16. The summed E-state index contributed by atoms with van der Waals surface area (Å²) in [5.74, 6) is 1.20. The van der Waals surface area contributed by atoms with E-state index < -0.39 is 10.0 Å². The Morgan fingerprint density at radius 3 is 2.35 bits per heavy atom. The van der Waals surface area contributed by atoms with E-state index in [1.165, 1.54) is 4.90 Å². The third-order valence-corrected chi connectivity index (χ3v) is 4.65. The van der Waals surface area contributed by atoms with Gasteiger partial charge in [-0.25, -0.2) is 13.1 Å². The van der Waals surface area contributed by atoms with Gasteiger partial charge in [0.25, 0.3) is 0 Å². The minimum Gasteiger partial charge on any atom is -0.215 e. The summed E-state index contributed by atoms with van der Waals surface area (Å²) in [6.45, 7) is 4.23. The highest BCUT2D eigenvalue weighted by Gasteiger charge is 2.04. The fourth-order valence-corrected chi connectivity index (χ4v) is 2.65. The van der Waals surface area contributed by atoms with E-state index in [0.717, 1.165) is 17.7 Å². The van der Waals surface area contributed by atoms with Gasteiger partial charge in [-0.1, -0.05) is 19.1 Å². The van der Waals surface area contributed by atoms with Crippen molar-refractivity contribution in [1.29, 1.82) is 0 Å². The van der Waals surface area contributed by atoms with E-state index in [-0.39, 0.29) is 5.75 Å². The van der Waals surface area contributed by atoms with Crippen LogP contribution in [0.25, 0.3) is 0 Å². The molecule has 1 aromatic rings. The third-order valence-electron chi connectivity index (χ3n) is 2.35. The number of nitrogens with one attached hydrogen (secondary N) is 1. The van der Waals surface area contributed by atoms with Gasteiger partial charge in [-0.2, -0.15) is 0 Å². The first-order valence-electron chi connectivity index (χ1n) is 5.76. The Morgan fingerprint density at radius 1 is 1.18 bits per heavy atom. The molecule has 0 bridgehead atoms. The van der Waals surface area contributed by atoms with Crippen molar-refractivity contribution in [3.63, 3.8) is 0 Å². The molecule has 0 unspecified atom stereocenters. The summed E-state index contributed by atoms with van der Waals surface area (Å²) < 4.78 is 25.0. The van der Waals surface area contributed by atoms with Gasteiger partial charge >= 0.3 is 0 Å². The highest BCUT2D eigenvalue weighted by Crippen LogP contribution is 2.17. The monoisotopic (exact) mass is 273 g/mol. The second-order valence-electron chi connectivity index (χ2n) is 3.62. The number of hydrogen-bond acceptors (Lipinski definition) is 3. The maximum atomic E-state index is 11.2. The van der Waals surface area contributed by atoms with Crippen LogP contribution in [0, 0.1) is 0 Å². The lowest BCUT2D eigenvalue weighted by molar-refractivity contribution is 0.583. The number of sulfonamides is 1. The fourth-order valence-electron chi connectivity index (χ4n) is 1.37. The molecule has 0 fully saturated rings. The van der Waals surface area contributed by atoms with Crippen LogP contribution in [0.1, 0.15) is 19.4 Å². The van der Waals surface area contributed by atoms with Crippen molar-refractivity contribution < 1.29 is 8.42 Å². The van der Waals surface area contributed by atoms with Crippen LogP contribution < -0.4 is 4.72 Å². The lowest BCUT2D eigenvalue weighted by Crippen LogP contribution is -2.27. The highest BCUT2D eigenvalue weighted by atomic mass is 32.2. The maximum absolute atomic E-state index is 11.2. The minimum atomic E-state index is -3.06. The molecule has 96 valence electrons. The zero-order chi connectivity index (χ0) is 12.7. The van der Waals surface area contributed by atoms with Crippen molar-refractivity contribution in [1.82, 2.24) is 4.72 Å².